The molecule has 0 amide bonds. The Morgan fingerprint density at radius 1 is 1.20 bits per heavy atom. The van der Waals surface area contributed by atoms with E-state index in [0.29, 0.717) is 12.1 Å². The largest absolute Gasteiger partial charge is 0.312 e. The smallest absolute Gasteiger partial charge is 0.0678 e. The molecule has 3 heteroatoms. The highest BCUT2D eigenvalue weighted by atomic mass is 15.3. The third kappa shape index (κ3) is 3.25. The number of aromatic nitrogens is 2. The van der Waals surface area contributed by atoms with Gasteiger partial charge in [-0.3, -0.25) is 4.68 Å². The van der Waals surface area contributed by atoms with Crippen molar-refractivity contribution in [2.24, 2.45) is 5.92 Å². The highest BCUT2D eigenvalue weighted by Gasteiger charge is 2.32. The molecule has 1 fully saturated rings. The van der Waals surface area contributed by atoms with E-state index in [0.717, 1.165) is 25.3 Å². The van der Waals surface area contributed by atoms with Gasteiger partial charge in [0.2, 0.25) is 0 Å². The first kappa shape index (κ1) is 15.6. The molecule has 1 aliphatic rings. The van der Waals surface area contributed by atoms with Crippen LogP contribution in [0.4, 0.5) is 0 Å². The number of nitrogens with one attached hydrogen (secondary N) is 1. The molecule has 1 heterocycles. The van der Waals surface area contributed by atoms with Gasteiger partial charge < -0.3 is 5.32 Å². The minimum Gasteiger partial charge on any atom is -0.312 e. The zero-order chi connectivity index (χ0) is 14.5. The third-order valence-corrected chi connectivity index (χ3v) is 4.87. The van der Waals surface area contributed by atoms with Crippen molar-refractivity contribution in [2.45, 2.75) is 78.3 Å². The SMILES string of the molecule is CCNC1CCC(CC)CC1n1nc(CC)cc1CC. The number of likely N-dealkylation sites (N-methyl/N-ethyl adjacent to an activating group) is 1. The van der Waals surface area contributed by atoms with Crippen molar-refractivity contribution >= 4 is 0 Å². The van der Waals surface area contributed by atoms with E-state index in [1.807, 2.05) is 0 Å². The summed E-state index contributed by atoms with van der Waals surface area (Å²) in [6.07, 6.45) is 7.37. The number of rotatable bonds is 6. The second-order valence-corrected chi connectivity index (χ2v) is 6.10. The lowest BCUT2D eigenvalue weighted by Gasteiger charge is -2.37. The van der Waals surface area contributed by atoms with E-state index < -0.39 is 0 Å². The van der Waals surface area contributed by atoms with Crippen molar-refractivity contribution < 1.29 is 0 Å². The minimum absolute atomic E-state index is 0.545. The van der Waals surface area contributed by atoms with Crippen LogP contribution in [0.2, 0.25) is 0 Å². The van der Waals surface area contributed by atoms with Crippen molar-refractivity contribution in [2.75, 3.05) is 6.54 Å². The number of hydrogen-bond donors (Lipinski definition) is 1. The van der Waals surface area contributed by atoms with Crippen molar-refractivity contribution in [1.29, 1.82) is 0 Å². The molecule has 3 atom stereocenters. The summed E-state index contributed by atoms with van der Waals surface area (Å²) in [4.78, 5) is 0. The lowest BCUT2D eigenvalue weighted by molar-refractivity contribution is 0.189. The van der Waals surface area contributed by atoms with Gasteiger partial charge in [-0.25, -0.2) is 0 Å². The fourth-order valence-electron chi connectivity index (χ4n) is 3.59. The summed E-state index contributed by atoms with van der Waals surface area (Å²) in [6.45, 7) is 10.0. The van der Waals surface area contributed by atoms with Crippen LogP contribution in [0, 0.1) is 5.92 Å². The van der Waals surface area contributed by atoms with Crippen molar-refractivity contribution in [3.63, 3.8) is 0 Å². The maximum atomic E-state index is 4.90. The van der Waals surface area contributed by atoms with Crippen LogP contribution in [0.25, 0.3) is 0 Å². The predicted molar refractivity (Wildman–Crippen MR) is 85.1 cm³/mol. The Bertz CT molecular complexity index is 410. The lowest BCUT2D eigenvalue weighted by Crippen LogP contribution is -2.42. The van der Waals surface area contributed by atoms with Crippen LogP contribution in [0.1, 0.15) is 70.8 Å². The summed E-state index contributed by atoms with van der Waals surface area (Å²) in [5.74, 6) is 0.869. The molecule has 0 aromatic carbocycles. The number of aryl methyl sites for hydroxylation is 2. The first-order chi connectivity index (χ1) is 9.73. The van der Waals surface area contributed by atoms with Gasteiger partial charge in [0.15, 0.2) is 0 Å². The Morgan fingerprint density at radius 3 is 2.60 bits per heavy atom. The van der Waals surface area contributed by atoms with E-state index >= 15 is 0 Å². The summed E-state index contributed by atoms with van der Waals surface area (Å²) in [6, 6.07) is 3.44. The molecule has 1 N–H and O–H groups in total. The molecule has 0 saturated heterocycles. The Hall–Kier alpha value is -0.830. The van der Waals surface area contributed by atoms with Gasteiger partial charge in [-0.1, -0.05) is 34.1 Å². The van der Waals surface area contributed by atoms with E-state index in [2.05, 4.69) is 43.8 Å². The van der Waals surface area contributed by atoms with Crippen molar-refractivity contribution in [3.8, 4) is 0 Å². The van der Waals surface area contributed by atoms with E-state index in [1.54, 1.807) is 0 Å². The molecule has 114 valence electrons. The maximum absolute atomic E-state index is 4.90. The second-order valence-electron chi connectivity index (χ2n) is 6.10. The molecule has 1 aliphatic carbocycles. The lowest BCUT2D eigenvalue weighted by atomic mass is 9.81. The van der Waals surface area contributed by atoms with Gasteiger partial charge in [0.1, 0.15) is 0 Å². The Morgan fingerprint density at radius 2 is 2.00 bits per heavy atom. The fourth-order valence-corrected chi connectivity index (χ4v) is 3.59. The van der Waals surface area contributed by atoms with Gasteiger partial charge >= 0.3 is 0 Å². The van der Waals surface area contributed by atoms with Crippen LogP contribution < -0.4 is 5.32 Å². The predicted octanol–water partition coefficient (Wildman–Crippen LogP) is 3.74. The average Bonchev–Trinajstić information content (AvgIpc) is 2.91. The Labute approximate surface area is 124 Å². The zero-order valence-electron chi connectivity index (χ0n) is 13.7. The van der Waals surface area contributed by atoms with Crippen LogP contribution in [0.5, 0.6) is 0 Å². The molecular formula is C17H31N3. The van der Waals surface area contributed by atoms with Gasteiger partial charge in [-0.05, 0) is 50.6 Å². The van der Waals surface area contributed by atoms with Crippen LogP contribution in [-0.4, -0.2) is 22.4 Å². The summed E-state index contributed by atoms with van der Waals surface area (Å²) in [5, 5.41) is 8.60. The molecule has 0 bridgehead atoms. The third-order valence-electron chi connectivity index (χ3n) is 4.87. The normalized spacial score (nSPS) is 26.9. The molecule has 1 aromatic heterocycles. The van der Waals surface area contributed by atoms with Gasteiger partial charge in [0.05, 0.1) is 11.7 Å². The summed E-state index contributed by atoms with van der Waals surface area (Å²) in [5.41, 5.74) is 2.65. The summed E-state index contributed by atoms with van der Waals surface area (Å²) >= 11 is 0. The molecule has 3 unspecified atom stereocenters. The van der Waals surface area contributed by atoms with Gasteiger partial charge in [-0.15, -0.1) is 0 Å². The first-order valence-electron chi connectivity index (χ1n) is 8.54. The maximum Gasteiger partial charge on any atom is 0.0678 e. The van der Waals surface area contributed by atoms with E-state index in [4.69, 9.17) is 5.10 Å². The monoisotopic (exact) mass is 277 g/mol. The van der Waals surface area contributed by atoms with E-state index in [1.165, 1.54) is 37.1 Å². The van der Waals surface area contributed by atoms with Crippen LogP contribution in [-0.2, 0) is 12.8 Å². The topological polar surface area (TPSA) is 29.9 Å². The second kappa shape index (κ2) is 7.26. The Balaban J connectivity index is 2.26. The number of nitrogens with zero attached hydrogens (tertiary/aromatic N) is 2. The molecule has 20 heavy (non-hydrogen) atoms. The van der Waals surface area contributed by atoms with Gasteiger partial charge in [0, 0.05) is 11.7 Å². The molecule has 0 aliphatic heterocycles. The first-order valence-corrected chi connectivity index (χ1v) is 8.54. The fraction of sp³-hybridized carbons (Fsp3) is 0.824. The zero-order valence-corrected chi connectivity index (χ0v) is 13.7. The van der Waals surface area contributed by atoms with E-state index in [-0.39, 0.29) is 0 Å². The standard InChI is InChI=1S/C17H31N3/c1-5-13-9-10-16(18-8-4)17(11-13)20-15(7-3)12-14(6-2)19-20/h12-13,16-18H,5-11H2,1-4H3. The average molecular weight is 277 g/mol. The highest BCUT2D eigenvalue weighted by molar-refractivity contribution is 5.12. The molecule has 0 spiro atoms. The minimum atomic E-state index is 0.545. The molecule has 1 saturated carbocycles. The molecule has 2 rings (SSSR count). The van der Waals surface area contributed by atoms with Crippen molar-refractivity contribution in [3.05, 3.63) is 17.5 Å². The van der Waals surface area contributed by atoms with Gasteiger partial charge in [0.25, 0.3) is 0 Å². The highest BCUT2D eigenvalue weighted by Crippen LogP contribution is 2.35. The summed E-state index contributed by atoms with van der Waals surface area (Å²) < 4.78 is 2.36. The molecule has 3 nitrogen and oxygen atoms in total. The van der Waals surface area contributed by atoms with Crippen molar-refractivity contribution in [1.82, 2.24) is 15.1 Å². The quantitative estimate of drug-likeness (QED) is 0.858. The molecule has 0 radical (unpaired) electrons. The van der Waals surface area contributed by atoms with Gasteiger partial charge in [-0.2, -0.15) is 5.10 Å². The molecular weight excluding hydrogens is 246 g/mol. The van der Waals surface area contributed by atoms with E-state index in [9.17, 15) is 0 Å². The van der Waals surface area contributed by atoms with Crippen LogP contribution >= 0.6 is 0 Å². The van der Waals surface area contributed by atoms with Crippen LogP contribution in [0.3, 0.4) is 0 Å². The molecule has 1 aromatic rings. The van der Waals surface area contributed by atoms with Crippen LogP contribution in [0.15, 0.2) is 6.07 Å². The Kier molecular flexibility index (Phi) is 5.64. The number of hydrogen-bond acceptors (Lipinski definition) is 2. The summed E-state index contributed by atoms with van der Waals surface area (Å²) in [7, 11) is 0.